The van der Waals surface area contributed by atoms with E-state index in [0.717, 1.165) is 35.3 Å². The topological polar surface area (TPSA) is 72.3 Å². The van der Waals surface area contributed by atoms with Crippen LogP contribution in [0.5, 0.6) is 0 Å². The molecular weight excluding hydrogens is 360 g/mol. The zero-order valence-corrected chi connectivity index (χ0v) is 17.2. The van der Waals surface area contributed by atoms with Crippen LogP contribution >= 0.6 is 0 Å². The first-order valence-corrected chi connectivity index (χ1v) is 10.1. The van der Waals surface area contributed by atoms with Gasteiger partial charge >= 0.3 is 0 Å². The predicted octanol–water partition coefficient (Wildman–Crippen LogP) is 4.74. The Hall–Kier alpha value is -3.28. The summed E-state index contributed by atoms with van der Waals surface area (Å²) in [6.07, 6.45) is 3.38. The maximum absolute atomic E-state index is 4.79. The molecule has 2 aromatic heterocycles. The summed E-state index contributed by atoms with van der Waals surface area (Å²) >= 11 is 0. The lowest BCUT2D eigenvalue weighted by molar-refractivity contribution is 0.667. The highest BCUT2D eigenvalue weighted by molar-refractivity contribution is 5.80. The van der Waals surface area contributed by atoms with Gasteiger partial charge in [-0.25, -0.2) is 10.1 Å². The van der Waals surface area contributed by atoms with Gasteiger partial charge in [0, 0.05) is 24.2 Å². The highest BCUT2D eigenvalue weighted by atomic mass is 15.5. The van der Waals surface area contributed by atoms with Crippen LogP contribution in [0.1, 0.15) is 42.5 Å². The number of unbranched alkanes of at least 4 members (excludes halogenated alkanes) is 1. The molecule has 4 aromatic rings. The summed E-state index contributed by atoms with van der Waals surface area (Å²) in [6, 6.07) is 16.9. The first-order valence-electron chi connectivity index (χ1n) is 10.1. The third-order valence-electron chi connectivity index (χ3n) is 5.42. The van der Waals surface area contributed by atoms with Gasteiger partial charge in [0.15, 0.2) is 5.82 Å². The first kappa shape index (κ1) is 19.1. The Bertz CT molecular complexity index is 1080. The quantitative estimate of drug-likeness (QED) is 0.498. The molecule has 0 bridgehead atoms. The predicted molar refractivity (Wildman–Crippen MR) is 114 cm³/mol. The van der Waals surface area contributed by atoms with Crippen LogP contribution in [-0.2, 0) is 13.0 Å². The third-order valence-corrected chi connectivity index (χ3v) is 5.42. The van der Waals surface area contributed by atoms with Crippen molar-refractivity contribution in [2.75, 3.05) is 0 Å². The summed E-state index contributed by atoms with van der Waals surface area (Å²) in [7, 11) is 0. The van der Waals surface area contributed by atoms with Gasteiger partial charge in [-0.1, -0.05) is 61.9 Å². The van der Waals surface area contributed by atoms with Crippen molar-refractivity contribution in [2.24, 2.45) is 0 Å². The minimum Gasteiger partial charge on any atom is -0.328 e. The van der Waals surface area contributed by atoms with E-state index in [9.17, 15) is 0 Å². The van der Waals surface area contributed by atoms with E-state index in [4.69, 9.17) is 4.98 Å². The molecule has 2 heterocycles. The number of H-pyrrole nitrogens is 1. The molecule has 0 saturated carbocycles. The molecule has 0 unspecified atom stereocenters. The molecule has 0 spiro atoms. The van der Waals surface area contributed by atoms with Gasteiger partial charge in [-0.15, -0.1) is 5.10 Å². The number of aryl methyl sites for hydroxylation is 2. The van der Waals surface area contributed by atoms with Gasteiger partial charge in [0.2, 0.25) is 0 Å². The van der Waals surface area contributed by atoms with E-state index >= 15 is 0 Å². The van der Waals surface area contributed by atoms with Crippen molar-refractivity contribution in [3.8, 4) is 22.5 Å². The molecule has 0 amide bonds. The van der Waals surface area contributed by atoms with Crippen LogP contribution in [-0.4, -0.2) is 30.2 Å². The lowest BCUT2D eigenvalue weighted by Gasteiger charge is -2.12. The van der Waals surface area contributed by atoms with Crippen LogP contribution in [0.3, 0.4) is 0 Å². The fourth-order valence-corrected chi connectivity index (χ4v) is 3.65. The van der Waals surface area contributed by atoms with Crippen molar-refractivity contribution in [1.82, 2.24) is 30.2 Å². The highest BCUT2D eigenvalue weighted by Gasteiger charge is 2.12. The van der Waals surface area contributed by atoms with Crippen molar-refractivity contribution in [3.05, 3.63) is 71.3 Å². The van der Waals surface area contributed by atoms with Crippen molar-refractivity contribution in [3.63, 3.8) is 0 Å². The van der Waals surface area contributed by atoms with Crippen molar-refractivity contribution in [1.29, 1.82) is 0 Å². The fourth-order valence-electron chi connectivity index (χ4n) is 3.65. The summed E-state index contributed by atoms with van der Waals surface area (Å²) < 4.78 is 2.36. The van der Waals surface area contributed by atoms with E-state index in [1.165, 1.54) is 29.9 Å². The molecule has 4 rings (SSSR count). The van der Waals surface area contributed by atoms with Crippen LogP contribution < -0.4 is 0 Å². The lowest BCUT2D eigenvalue weighted by Crippen LogP contribution is -2.07. The van der Waals surface area contributed by atoms with Crippen LogP contribution in [0.2, 0.25) is 0 Å². The number of tetrazole rings is 1. The second kappa shape index (κ2) is 8.39. The van der Waals surface area contributed by atoms with E-state index in [-0.39, 0.29) is 0 Å². The number of aromatic nitrogens is 6. The number of aromatic amines is 1. The zero-order chi connectivity index (χ0) is 20.2. The van der Waals surface area contributed by atoms with E-state index in [1.54, 1.807) is 0 Å². The Balaban J connectivity index is 1.61. The Morgan fingerprint density at radius 2 is 1.72 bits per heavy atom. The molecule has 0 aliphatic heterocycles. The molecule has 0 radical (unpaired) electrons. The normalized spacial score (nSPS) is 11.1. The molecular formula is C23H26N6. The molecule has 6 nitrogen and oxygen atoms in total. The average molecular weight is 387 g/mol. The fraction of sp³-hybridized carbons (Fsp3) is 0.304. The van der Waals surface area contributed by atoms with Gasteiger partial charge in [-0.3, -0.25) is 0 Å². The summed E-state index contributed by atoms with van der Waals surface area (Å²) in [5.41, 5.74) is 6.89. The number of hydrogen-bond acceptors (Lipinski definition) is 4. The van der Waals surface area contributed by atoms with Crippen LogP contribution in [0, 0.1) is 13.8 Å². The maximum atomic E-state index is 4.79. The van der Waals surface area contributed by atoms with Crippen LogP contribution in [0.15, 0.2) is 48.5 Å². The molecule has 0 saturated heterocycles. The molecule has 0 atom stereocenters. The van der Waals surface area contributed by atoms with Crippen molar-refractivity contribution in [2.45, 2.75) is 46.6 Å². The summed E-state index contributed by atoms with van der Waals surface area (Å²) in [5.74, 6) is 1.86. The molecule has 0 fully saturated rings. The number of rotatable bonds is 7. The van der Waals surface area contributed by atoms with Crippen LogP contribution in [0.4, 0.5) is 0 Å². The number of benzene rings is 2. The van der Waals surface area contributed by atoms with Gasteiger partial charge in [0.1, 0.15) is 5.82 Å². The Labute approximate surface area is 171 Å². The maximum Gasteiger partial charge on any atom is 0.180 e. The average Bonchev–Trinajstić information content (AvgIpc) is 3.37. The minimum atomic E-state index is 0.676. The smallest absolute Gasteiger partial charge is 0.180 e. The lowest BCUT2D eigenvalue weighted by atomic mass is 9.98. The standard InChI is InChI=1S/C23H26N6/c1-4-5-10-22-24-16(2)17(3)29(22)15-18-11-13-19(14-12-18)20-8-6-7-9-21(20)23-25-27-28-26-23/h6-9,11-14H,4-5,10,15H2,1-3H3,(H,25,26,27,28). The summed E-state index contributed by atoms with van der Waals surface area (Å²) in [5, 5.41) is 14.3. The third kappa shape index (κ3) is 3.97. The van der Waals surface area contributed by atoms with Gasteiger partial charge in [0.25, 0.3) is 0 Å². The number of nitrogens with one attached hydrogen (secondary N) is 1. The van der Waals surface area contributed by atoms with Gasteiger partial charge in [-0.05, 0) is 47.4 Å². The first-order chi connectivity index (χ1) is 14.2. The SMILES string of the molecule is CCCCc1nc(C)c(C)n1Cc1ccc(-c2ccccc2-c2nnn[nH]2)cc1. The highest BCUT2D eigenvalue weighted by Crippen LogP contribution is 2.30. The van der Waals surface area contributed by atoms with E-state index in [1.807, 2.05) is 18.2 Å². The van der Waals surface area contributed by atoms with Crippen molar-refractivity contribution < 1.29 is 0 Å². The minimum absolute atomic E-state index is 0.676. The Morgan fingerprint density at radius 3 is 2.41 bits per heavy atom. The Kier molecular flexibility index (Phi) is 5.51. The van der Waals surface area contributed by atoms with Gasteiger partial charge < -0.3 is 4.57 Å². The number of nitrogens with zero attached hydrogens (tertiary/aromatic N) is 5. The molecule has 0 aliphatic rings. The van der Waals surface area contributed by atoms with E-state index in [2.05, 4.69) is 76.3 Å². The molecule has 6 heteroatoms. The van der Waals surface area contributed by atoms with Gasteiger partial charge in [-0.2, -0.15) is 0 Å². The molecule has 29 heavy (non-hydrogen) atoms. The second-order valence-electron chi connectivity index (χ2n) is 7.38. The van der Waals surface area contributed by atoms with Crippen molar-refractivity contribution >= 4 is 0 Å². The molecule has 2 aromatic carbocycles. The number of imidazole rings is 1. The summed E-state index contributed by atoms with van der Waals surface area (Å²) in [4.78, 5) is 4.79. The largest absolute Gasteiger partial charge is 0.328 e. The number of hydrogen-bond donors (Lipinski definition) is 1. The zero-order valence-electron chi connectivity index (χ0n) is 17.2. The molecule has 1 N–H and O–H groups in total. The van der Waals surface area contributed by atoms with Gasteiger partial charge in [0.05, 0.1) is 5.69 Å². The molecule has 148 valence electrons. The van der Waals surface area contributed by atoms with Crippen LogP contribution in [0.25, 0.3) is 22.5 Å². The molecule has 0 aliphatic carbocycles. The summed E-state index contributed by atoms with van der Waals surface area (Å²) in [6.45, 7) is 7.32. The Morgan fingerprint density at radius 1 is 0.966 bits per heavy atom. The monoisotopic (exact) mass is 386 g/mol. The second-order valence-corrected chi connectivity index (χ2v) is 7.38. The van der Waals surface area contributed by atoms with E-state index < -0.39 is 0 Å². The van der Waals surface area contributed by atoms with E-state index in [0.29, 0.717) is 5.82 Å².